The largest absolute Gasteiger partial charge is 0.461 e. The van der Waals surface area contributed by atoms with Gasteiger partial charge in [-0.1, -0.05) is 22.0 Å². The summed E-state index contributed by atoms with van der Waals surface area (Å²) < 4.78 is 10.7. The number of ether oxygens (including phenoxy) is 2. The summed E-state index contributed by atoms with van der Waals surface area (Å²) in [5, 5.41) is 0. The Labute approximate surface area is 114 Å². The molecule has 0 spiro atoms. The minimum absolute atomic E-state index is 0.227. The Bertz CT molecular complexity index is 425. The van der Waals surface area contributed by atoms with Crippen LogP contribution in [0.25, 0.3) is 0 Å². The maximum absolute atomic E-state index is 10.8. The van der Waals surface area contributed by atoms with E-state index in [-0.39, 0.29) is 25.2 Å². The fourth-order valence-electron chi connectivity index (χ4n) is 1.41. The van der Waals surface area contributed by atoms with Crippen molar-refractivity contribution in [2.24, 2.45) is 0 Å². The third kappa shape index (κ3) is 4.49. The third-order valence-corrected chi connectivity index (χ3v) is 3.11. The molecule has 98 valence electrons. The highest BCUT2D eigenvalue weighted by Crippen LogP contribution is 2.23. The minimum Gasteiger partial charge on any atom is -0.461 e. The average molecular weight is 315 g/mol. The number of carbonyl (C=O) groups is 2. The molecule has 0 saturated heterocycles. The lowest BCUT2D eigenvalue weighted by atomic mass is 10.1. The quantitative estimate of drug-likeness (QED) is 0.802. The van der Waals surface area contributed by atoms with Crippen LogP contribution < -0.4 is 0 Å². The number of rotatable bonds is 4. The van der Waals surface area contributed by atoms with Crippen LogP contribution in [0.4, 0.5) is 0 Å². The van der Waals surface area contributed by atoms with Gasteiger partial charge < -0.3 is 9.47 Å². The van der Waals surface area contributed by atoms with Gasteiger partial charge in [-0.05, 0) is 24.1 Å². The van der Waals surface area contributed by atoms with Crippen LogP contribution in [0.3, 0.4) is 0 Å². The molecule has 0 N–H and O–H groups in total. The summed E-state index contributed by atoms with van der Waals surface area (Å²) in [5.41, 5.74) is 2.79. The van der Waals surface area contributed by atoms with E-state index in [9.17, 15) is 9.59 Å². The van der Waals surface area contributed by atoms with E-state index in [1.54, 1.807) is 0 Å². The Morgan fingerprint density at radius 2 is 1.56 bits per heavy atom. The topological polar surface area (TPSA) is 52.6 Å². The van der Waals surface area contributed by atoms with Crippen LogP contribution in [0.2, 0.25) is 0 Å². The summed E-state index contributed by atoms with van der Waals surface area (Å²) in [4.78, 5) is 21.5. The van der Waals surface area contributed by atoms with Gasteiger partial charge in [-0.15, -0.1) is 0 Å². The van der Waals surface area contributed by atoms with E-state index in [0.29, 0.717) is 0 Å². The number of esters is 2. The zero-order valence-electron chi connectivity index (χ0n) is 10.6. The van der Waals surface area contributed by atoms with Crippen molar-refractivity contribution in [1.82, 2.24) is 0 Å². The van der Waals surface area contributed by atoms with Gasteiger partial charge in [0.15, 0.2) is 0 Å². The number of benzene rings is 1. The summed E-state index contributed by atoms with van der Waals surface area (Å²) in [6, 6.07) is 3.78. The molecule has 0 aliphatic rings. The van der Waals surface area contributed by atoms with Gasteiger partial charge >= 0.3 is 11.9 Å². The molecule has 1 rings (SSSR count). The van der Waals surface area contributed by atoms with Crippen molar-refractivity contribution >= 4 is 27.9 Å². The number of halogens is 1. The average Bonchev–Trinajstić information content (AvgIpc) is 2.27. The normalized spacial score (nSPS) is 10.0. The van der Waals surface area contributed by atoms with Gasteiger partial charge in [-0.25, -0.2) is 0 Å². The van der Waals surface area contributed by atoms with Gasteiger partial charge in [0, 0.05) is 23.9 Å². The molecule has 0 aliphatic heterocycles. The van der Waals surface area contributed by atoms with Crippen LogP contribution in [0.15, 0.2) is 16.6 Å². The van der Waals surface area contributed by atoms with Crippen molar-refractivity contribution in [3.63, 3.8) is 0 Å². The highest BCUT2D eigenvalue weighted by molar-refractivity contribution is 9.10. The SMILES string of the molecule is CC(=O)OCc1cc(Br)c(COC(C)=O)cc1C. The molecule has 4 nitrogen and oxygen atoms in total. The lowest BCUT2D eigenvalue weighted by Crippen LogP contribution is -2.03. The summed E-state index contributed by atoms with van der Waals surface area (Å²) >= 11 is 3.41. The Morgan fingerprint density at radius 3 is 2.06 bits per heavy atom. The molecule has 0 aliphatic carbocycles. The molecule has 5 heteroatoms. The molecular formula is C13H15BrO4. The van der Waals surface area contributed by atoms with Crippen molar-refractivity contribution in [2.45, 2.75) is 34.0 Å². The molecule has 1 aromatic rings. The van der Waals surface area contributed by atoms with E-state index in [0.717, 1.165) is 21.2 Å². The van der Waals surface area contributed by atoms with E-state index in [1.807, 2.05) is 19.1 Å². The van der Waals surface area contributed by atoms with Crippen LogP contribution in [0, 0.1) is 6.92 Å². The molecular weight excluding hydrogens is 300 g/mol. The van der Waals surface area contributed by atoms with Crippen LogP contribution >= 0.6 is 15.9 Å². The summed E-state index contributed by atoms with van der Waals surface area (Å²) in [7, 11) is 0. The first kappa shape index (κ1) is 14.7. The predicted molar refractivity (Wildman–Crippen MR) is 69.8 cm³/mol. The highest BCUT2D eigenvalue weighted by atomic mass is 79.9. The summed E-state index contributed by atoms with van der Waals surface area (Å²) in [6.07, 6.45) is 0. The van der Waals surface area contributed by atoms with Gasteiger partial charge in [0.1, 0.15) is 13.2 Å². The van der Waals surface area contributed by atoms with E-state index < -0.39 is 0 Å². The fourth-order valence-corrected chi connectivity index (χ4v) is 1.91. The number of carbonyl (C=O) groups excluding carboxylic acids is 2. The van der Waals surface area contributed by atoms with Gasteiger partial charge in [-0.3, -0.25) is 9.59 Å². The predicted octanol–water partition coefficient (Wildman–Crippen LogP) is 2.88. The Kier molecular flexibility index (Phi) is 5.34. The Hall–Kier alpha value is -1.36. The highest BCUT2D eigenvalue weighted by Gasteiger charge is 2.08. The molecule has 0 atom stereocenters. The zero-order valence-corrected chi connectivity index (χ0v) is 12.2. The molecule has 0 bridgehead atoms. The van der Waals surface area contributed by atoms with E-state index in [4.69, 9.17) is 9.47 Å². The number of hydrogen-bond donors (Lipinski definition) is 0. The molecule has 0 amide bonds. The lowest BCUT2D eigenvalue weighted by Gasteiger charge is -2.11. The van der Waals surface area contributed by atoms with Crippen LogP contribution in [0.5, 0.6) is 0 Å². The molecule has 0 heterocycles. The summed E-state index contributed by atoms with van der Waals surface area (Å²) in [6.45, 7) is 5.13. The molecule has 0 saturated carbocycles. The second-order valence-corrected chi connectivity index (χ2v) is 4.78. The Balaban J connectivity index is 2.82. The first-order valence-corrected chi connectivity index (χ1v) is 6.24. The van der Waals surface area contributed by atoms with Crippen molar-refractivity contribution in [3.05, 3.63) is 33.3 Å². The van der Waals surface area contributed by atoms with Gasteiger partial charge in [-0.2, -0.15) is 0 Å². The lowest BCUT2D eigenvalue weighted by molar-refractivity contribution is -0.143. The second-order valence-electron chi connectivity index (χ2n) is 3.93. The fraction of sp³-hybridized carbons (Fsp3) is 0.385. The summed E-state index contributed by atoms with van der Waals surface area (Å²) in [5.74, 6) is -0.627. The molecule has 0 unspecified atom stereocenters. The monoisotopic (exact) mass is 314 g/mol. The van der Waals surface area contributed by atoms with E-state index in [2.05, 4.69) is 15.9 Å². The zero-order chi connectivity index (χ0) is 13.7. The molecule has 0 radical (unpaired) electrons. The minimum atomic E-state index is -0.316. The number of aryl methyl sites for hydroxylation is 1. The van der Waals surface area contributed by atoms with Gasteiger partial charge in [0.05, 0.1) is 0 Å². The van der Waals surface area contributed by atoms with Crippen molar-refractivity contribution in [1.29, 1.82) is 0 Å². The molecule has 0 aromatic heterocycles. The van der Waals surface area contributed by atoms with E-state index in [1.165, 1.54) is 13.8 Å². The maximum atomic E-state index is 10.8. The maximum Gasteiger partial charge on any atom is 0.302 e. The first-order valence-electron chi connectivity index (χ1n) is 5.44. The van der Waals surface area contributed by atoms with Gasteiger partial charge in [0.2, 0.25) is 0 Å². The van der Waals surface area contributed by atoms with Gasteiger partial charge in [0.25, 0.3) is 0 Å². The van der Waals surface area contributed by atoms with Crippen LogP contribution in [0.1, 0.15) is 30.5 Å². The molecule has 1 aromatic carbocycles. The third-order valence-electron chi connectivity index (χ3n) is 2.37. The van der Waals surface area contributed by atoms with Crippen LogP contribution in [-0.2, 0) is 32.3 Å². The Morgan fingerprint density at radius 1 is 1.06 bits per heavy atom. The standard InChI is InChI=1S/C13H15BrO4/c1-8-4-12(7-18-10(3)16)13(14)5-11(8)6-17-9(2)15/h4-5H,6-7H2,1-3H3. The van der Waals surface area contributed by atoms with E-state index >= 15 is 0 Å². The molecule has 18 heavy (non-hydrogen) atoms. The second kappa shape index (κ2) is 6.54. The first-order chi connectivity index (χ1) is 8.40. The van der Waals surface area contributed by atoms with Crippen LogP contribution in [-0.4, -0.2) is 11.9 Å². The molecule has 0 fully saturated rings. The van der Waals surface area contributed by atoms with Crippen molar-refractivity contribution in [3.8, 4) is 0 Å². The van der Waals surface area contributed by atoms with Crippen molar-refractivity contribution in [2.75, 3.05) is 0 Å². The number of hydrogen-bond acceptors (Lipinski definition) is 4. The smallest absolute Gasteiger partial charge is 0.302 e. The van der Waals surface area contributed by atoms with Crippen molar-refractivity contribution < 1.29 is 19.1 Å².